The van der Waals surface area contributed by atoms with E-state index in [0.29, 0.717) is 22.2 Å². The Balaban J connectivity index is 2.00. The molecule has 0 spiro atoms. The van der Waals surface area contributed by atoms with Crippen molar-refractivity contribution >= 4 is 39.9 Å². The van der Waals surface area contributed by atoms with Crippen LogP contribution in [0.3, 0.4) is 0 Å². The van der Waals surface area contributed by atoms with Gasteiger partial charge in [0.1, 0.15) is 5.58 Å². The molecule has 2 aromatic carbocycles. The Hall–Kier alpha value is -1.97. The van der Waals surface area contributed by atoms with Crippen molar-refractivity contribution in [3.05, 3.63) is 73.6 Å². The Labute approximate surface area is 143 Å². The summed E-state index contributed by atoms with van der Waals surface area (Å²) in [6, 6.07) is 10.8. The van der Waals surface area contributed by atoms with Gasteiger partial charge in [-0.1, -0.05) is 35.3 Å². The third-order valence-electron chi connectivity index (χ3n) is 3.86. The van der Waals surface area contributed by atoms with E-state index in [1.54, 1.807) is 18.2 Å². The largest absolute Gasteiger partial charge is 0.422 e. The molecule has 0 bridgehead atoms. The average Bonchev–Trinajstić information content (AvgIpc) is 2.48. The highest BCUT2D eigenvalue weighted by atomic mass is 35.5. The van der Waals surface area contributed by atoms with Crippen LogP contribution in [0.4, 0.5) is 5.69 Å². The first kappa shape index (κ1) is 15.9. The van der Waals surface area contributed by atoms with Crippen molar-refractivity contribution < 1.29 is 4.42 Å². The molecule has 118 valence electrons. The SMILES string of the molecule is Cc1ccc2c(CNc3cc(Cl)cc(Cl)c3)cc(=O)oc2c1C. The highest BCUT2D eigenvalue weighted by Crippen LogP contribution is 2.26. The van der Waals surface area contributed by atoms with E-state index in [9.17, 15) is 4.79 Å². The molecular formula is C18H15Cl2NO2. The van der Waals surface area contributed by atoms with Crippen LogP contribution in [-0.4, -0.2) is 0 Å². The zero-order valence-electron chi connectivity index (χ0n) is 12.7. The Bertz CT molecular complexity index is 927. The number of anilines is 1. The molecule has 0 radical (unpaired) electrons. The highest BCUT2D eigenvalue weighted by molar-refractivity contribution is 6.35. The van der Waals surface area contributed by atoms with E-state index in [1.165, 1.54) is 6.07 Å². The number of benzene rings is 2. The molecule has 1 aromatic heterocycles. The second-order valence-corrected chi connectivity index (χ2v) is 6.36. The maximum atomic E-state index is 11.9. The van der Waals surface area contributed by atoms with Gasteiger partial charge < -0.3 is 9.73 Å². The molecule has 1 N–H and O–H groups in total. The van der Waals surface area contributed by atoms with Crippen LogP contribution in [0.2, 0.25) is 10.0 Å². The number of hydrogen-bond acceptors (Lipinski definition) is 3. The number of aryl methyl sites for hydroxylation is 2. The number of fused-ring (bicyclic) bond motifs is 1. The minimum Gasteiger partial charge on any atom is -0.422 e. The molecule has 5 heteroatoms. The Morgan fingerprint density at radius 1 is 1.04 bits per heavy atom. The molecular weight excluding hydrogens is 333 g/mol. The van der Waals surface area contributed by atoms with Gasteiger partial charge in [-0.15, -0.1) is 0 Å². The van der Waals surface area contributed by atoms with Gasteiger partial charge in [-0.25, -0.2) is 4.79 Å². The van der Waals surface area contributed by atoms with Gasteiger partial charge in [-0.3, -0.25) is 0 Å². The van der Waals surface area contributed by atoms with Gasteiger partial charge in [0.15, 0.2) is 0 Å². The lowest BCUT2D eigenvalue weighted by molar-refractivity contribution is 0.556. The maximum absolute atomic E-state index is 11.9. The molecule has 0 saturated heterocycles. The molecule has 0 fully saturated rings. The number of hydrogen-bond donors (Lipinski definition) is 1. The van der Waals surface area contributed by atoms with E-state index in [1.807, 2.05) is 26.0 Å². The minimum absolute atomic E-state index is 0.355. The van der Waals surface area contributed by atoms with E-state index in [-0.39, 0.29) is 5.63 Å². The summed E-state index contributed by atoms with van der Waals surface area (Å²) in [4.78, 5) is 11.9. The van der Waals surface area contributed by atoms with E-state index >= 15 is 0 Å². The average molecular weight is 348 g/mol. The van der Waals surface area contributed by atoms with Crippen LogP contribution >= 0.6 is 23.2 Å². The quantitative estimate of drug-likeness (QED) is 0.651. The third-order valence-corrected chi connectivity index (χ3v) is 4.30. The molecule has 23 heavy (non-hydrogen) atoms. The number of nitrogens with one attached hydrogen (secondary N) is 1. The summed E-state index contributed by atoms with van der Waals surface area (Å²) in [6.07, 6.45) is 0. The van der Waals surface area contributed by atoms with Crippen LogP contribution in [0.1, 0.15) is 16.7 Å². The topological polar surface area (TPSA) is 42.2 Å². The predicted octanol–water partition coefficient (Wildman–Crippen LogP) is 5.33. The van der Waals surface area contributed by atoms with Crippen molar-refractivity contribution in [1.82, 2.24) is 0 Å². The van der Waals surface area contributed by atoms with Crippen molar-refractivity contribution in [3.63, 3.8) is 0 Å². The fourth-order valence-electron chi connectivity index (χ4n) is 2.52. The van der Waals surface area contributed by atoms with Crippen LogP contribution in [0.5, 0.6) is 0 Å². The summed E-state index contributed by atoms with van der Waals surface area (Å²) in [5.74, 6) is 0. The van der Waals surface area contributed by atoms with E-state index in [0.717, 1.165) is 27.8 Å². The first-order chi connectivity index (χ1) is 10.9. The van der Waals surface area contributed by atoms with Crippen LogP contribution < -0.4 is 10.9 Å². The van der Waals surface area contributed by atoms with Gasteiger partial charge in [-0.05, 0) is 48.7 Å². The molecule has 3 rings (SSSR count). The maximum Gasteiger partial charge on any atom is 0.336 e. The van der Waals surface area contributed by atoms with Crippen LogP contribution in [-0.2, 0) is 6.54 Å². The molecule has 3 aromatic rings. The zero-order chi connectivity index (χ0) is 16.6. The van der Waals surface area contributed by atoms with Crippen molar-refractivity contribution in [2.45, 2.75) is 20.4 Å². The standard InChI is InChI=1S/C18H15Cl2NO2/c1-10-3-4-16-12(5-17(22)23-18(16)11(10)2)9-21-15-7-13(19)6-14(20)8-15/h3-8,21H,9H2,1-2H3. The summed E-state index contributed by atoms with van der Waals surface area (Å²) in [5.41, 5.74) is 4.02. The molecule has 0 unspecified atom stereocenters. The van der Waals surface area contributed by atoms with Gasteiger partial charge >= 0.3 is 5.63 Å². The molecule has 1 heterocycles. The molecule has 3 nitrogen and oxygen atoms in total. The molecule has 0 saturated carbocycles. The van der Waals surface area contributed by atoms with Gasteiger partial charge in [0, 0.05) is 33.7 Å². The summed E-state index contributed by atoms with van der Waals surface area (Å²) in [5, 5.41) is 5.29. The lowest BCUT2D eigenvalue weighted by atomic mass is 10.0. The monoisotopic (exact) mass is 347 g/mol. The lowest BCUT2D eigenvalue weighted by Gasteiger charge is -2.11. The summed E-state index contributed by atoms with van der Waals surface area (Å²) in [6.45, 7) is 4.42. The van der Waals surface area contributed by atoms with Crippen molar-refractivity contribution in [3.8, 4) is 0 Å². The number of halogens is 2. The molecule has 0 aliphatic heterocycles. The van der Waals surface area contributed by atoms with E-state index in [4.69, 9.17) is 27.6 Å². The Kier molecular flexibility index (Phi) is 4.33. The Morgan fingerprint density at radius 2 is 1.74 bits per heavy atom. The van der Waals surface area contributed by atoms with Crippen LogP contribution in [0.25, 0.3) is 11.0 Å². The highest BCUT2D eigenvalue weighted by Gasteiger charge is 2.09. The summed E-state index contributed by atoms with van der Waals surface area (Å²) in [7, 11) is 0. The van der Waals surface area contributed by atoms with Gasteiger partial charge in [-0.2, -0.15) is 0 Å². The lowest BCUT2D eigenvalue weighted by Crippen LogP contribution is -2.06. The van der Waals surface area contributed by atoms with Gasteiger partial charge in [0.2, 0.25) is 0 Å². The first-order valence-corrected chi connectivity index (χ1v) is 7.92. The molecule has 0 amide bonds. The van der Waals surface area contributed by atoms with Crippen molar-refractivity contribution in [2.24, 2.45) is 0 Å². The smallest absolute Gasteiger partial charge is 0.336 e. The van der Waals surface area contributed by atoms with E-state index in [2.05, 4.69) is 5.32 Å². The molecule has 0 aliphatic carbocycles. The minimum atomic E-state index is -0.355. The second kappa shape index (κ2) is 6.26. The number of rotatable bonds is 3. The van der Waals surface area contributed by atoms with Crippen molar-refractivity contribution in [1.29, 1.82) is 0 Å². The normalized spacial score (nSPS) is 11.0. The van der Waals surface area contributed by atoms with Crippen molar-refractivity contribution in [2.75, 3.05) is 5.32 Å². The summed E-state index contributed by atoms with van der Waals surface area (Å²) >= 11 is 12.0. The predicted molar refractivity (Wildman–Crippen MR) is 95.7 cm³/mol. The molecule has 0 atom stereocenters. The zero-order valence-corrected chi connectivity index (χ0v) is 14.3. The van der Waals surface area contributed by atoms with Gasteiger partial charge in [0.05, 0.1) is 0 Å². The van der Waals surface area contributed by atoms with Gasteiger partial charge in [0.25, 0.3) is 0 Å². The molecule has 0 aliphatic rings. The fraction of sp³-hybridized carbons (Fsp3) is 0.167. The second-order valence-electron chi connectivity index (χ2n) is 5.49. The van der Waals surface area contributed by atoms with Crippen LogP contribution in [0.15, 0.2) is 45.6 Å². The van der Waals surface area contributed by atoms with Crippen LogP contribution in [0, 0.1) is 13.8 Å². The first-order valence-electron chi connectivity index (χ1n) is 7.17. The summed E-state index contributed by atoms with van der Waals surface area (Å²) < 4.78 is 5.38. The third kappa shape index (κ3) is 3.36. The van der Waals surface area contributed by atoms with E-state index < -0.39 is 0 Å². The Morgan fingerprint density at radius 3 is 2.43 bits per heavy atom. The fourth-order valence-corrected chi connectivity index (χ4v) is 3.05.